The Balaban J connectivity index is 1.50. The first kappa shape index (κ1) is 22.4. The molecule has 0 amide bonds. The van der Waals surface area contributed by atoms with E-state index in [4.69, 9.17) is 14.2 Å². The van der Waals surface area contributed by atoms with Crippen LogP contribution in [0, 0.1) is 21.4 Å². The molecule has 2 aromatic carbocycles. The molecule has 0 bridgehead atoms. The molecule has 10 heteroatoms. The summed E-state index contributed by atoms with van der Waals surface area (Å²) in [5.74, 6) is 0.302. The van der Waals surface area contributed by atoms with Crippen molar-refractivity contribution in [2.45, 2.75) is 25.9 Å². The molecule has 0 saturated heterocycles. The van der Waals surface area contributed by atoms with Crippen molar-refractivity contribution in [2.75, 3.05) is 19.9 Å². The molecule has 178 valence electrons. The number of nitrogens with one attached hydrogen (secondary N) is 1. The lowest BCUT2D eigenvalue weighted by molar-refractivity contribution is -0.385. The first-order valence-corrected chi connectivity index (χ1v) is 11.2. The van der Waals surface area contributed by atoms with Gasteiger partial charge in [0.2, 0.25) is 6.79 Å². The fourth-order valence-electron chi connectivity index (χ4n) is 4.64. The van der Waals surface area contributed by atoms with E-state index >= 15 is 0 Å². The molecule has 35 heavy (non-hydrogen) atoms. The molecule has 0 aliphatic carbocycles. The lowest BCUT2D eigenvalue weighted by Crippen LogP contribution is -2.47. The summed E-state index contributed by atoms with van der Waals surface area (Å²) in [4.78, 5) is 29.3. The van der Waals surface area contributed by atoms with Crippen molar-refractivity contribution in [3.05, 3.63) is 68.9 Å². The predicted molar refractivity (Wildman–Crippen MR) is 126 cm³/mol. The molecule has 3 aromatic rings. The van der Waals surface area contributed by atoms with Crippen molar-refractivity contribution in [1.82, 2.24) is 9.88 Å². The van der Waals surface area contributed by atoms with Crippen LogP contribution in [0.2, 0.25) is 0 Å². The molecule has 2 aliphatic heterocycles. The van der Waals surface area contributed by atoms with E-state index in [1.54, 1.807) is 6.92 Å². The predicted octanol–water partition coefficient (Wildman–Crippen LogP) is 3.70. The van der Waals surface area contributed by atoms with Gasteiger partial charge in [0.15, 0.2) is 11.5 Å². The monoisotopic (exact) mass is 474 g/mol. The number of hydrogen-bond donors (Lipinski definition) is 1. The Kier molecular flexibility index (Phi) is 5.84. The maximum atomic E-state index is 12.9. The molecule has 3 heterocycles. The fraction of sp³-hybridized carbons (Fsp3) is 0.280. The van der Waals surface area contributed by atoms with E-state index in [0.717, 1.165) is 22.2 Å². The van der Waals surface area contributed by atoms with Gasteiger partial charge in [0.25, 0.3) is 5.69 Å². The van der Waals surface area contributed by atoms with Crippen LogP contribution < -0.4 is 9.47 Å². The normalized spacial score (nSPS) is 17.1. The summed E-state index contributed by atoms with van der Waals surface area (Å²) in [6, 6.07) is 12.2. The Morgan fingerprint density at radius 3 is 2.86 bits per heavy atom. The van der Waals surface area contributed by atoms with Gasteiger partial charge in [0, 0.05) is 41.7 Å². The van der Waals surface area contributed by atoms with Crippen molar-refractivity contribution in [3.8, 4) is 17.6 Å². The van der Waals surface area contributed by atoms with Gasteiger partial charge in [-0.25, -0.2) is 0 Å². The molecule has 1 N–H and O–H groups in total. The SMILES string of the molecule is CCOC(=O)[C@@H]1Cc2c([nH]c3ccccc23)CN1C/C(C#N)=C/c1cc2c(cc1[N+](=O)[O-])OCO2. The average Bonchev–Trinajstić information content (AvgIpc) is 3.45. The van der Waals surface area contributed by atoms with Crippen LogP contribution in [0.3, 0.4) is 0 Å². The smallest absolute Gasteiger partial charge is 0.323 e. The lowest BCUT2D eigenvalue weighted by Gasteiger charge is -2.33. The molecule has 5 rings (SSSR count). The summed E-state index contributed by atoms with van der Waals surface area (Å²) < 4.78 is 15.9. The number of para-hydroxylation sites is 1. The van der Waals surface area contributed by atoms with Gasteiger partial charge in [-0.3, -0.25) is 19.8 Å². The first-order chi connectivity index (χ1) is 17.0. The zero-order chi connectivity index (χ0) is 24.5. The highest BCUT2D eigenvalue weighted by atomic mass is 16.7. The molecule has 0 spiro atoms. The number of nitro benzene ring substituents is 1. The number of nitro groups is 1. The zero-order valence-corrected chi connectivity index (χ0v) is 18.9. The molecule has 0 radical (unpaired) electrons. The number of hydrogen-bond acceptors (Lipinski definition) is 8. The molecule has 0 saturated carbocycles. The van der Waals surface area contributed by atoms with Gasteiger partial charge in [-0.2, -0.15) is 5.26 Å². The third-order valence-electron chi connectivity index (χ3n) is 6.23. The van der Waals surface area contributed by atoms with Gasteiger partial charge in [-0.15, -0.1) is 0 Å². The second-order valence-corrected chi connectivity index (χ2v) is 8.31. The third-order valence-corrected chi connectivity index (χ3v) is 6.23. The number of nitriles is 1. The highest BCUT2D eigenvalue weighted by molar-refractivity contribution is 5.86. The molecule has 0 unspecified atom stereocenters. The van der Waals surface area contributed by atoms with Crippen LogP contribution in [-0.2, 0) is 22.5 Å². The Morgan fingerprint density at radius 2 is 2.11 bits per heavy atom. The molecule has 1 atom stereocenters. The number of nitrogens with zero attached hydrogens (tertiary/aromatic N) is 3. The van der Waals surface area contributed by atoms with Gasteiger partial charge in [0.1, 0.15) is 6.04 Å². The summed E-state index contributed by atoms with van der Waals surface area (Å²) in [6.07, 6.45) is 1.89. The minimum absolute atomic E-state index is 0.0212. The van der Waals surface area contributed by atoms with E-state index < -0.39 is 11.0 Å². The summed E-state index contributed by atoms with van der Waals surface area (Å²) >= 11 is 0. The van der Waals surface area contributed by atoms with Gasteiger partial charge in [-0.1, -0.05) is 18.2 Å². The number of ether oxygens (including phenoxy) is 3. The molecular weight excluding hydrogens is 452 g/mol. The van der Waals surface area contributed by atoms with E-state index in [1.165, 1.54) is 18.2 Å². The van der Waals surface area contributed by atoms with Crippen LogP contribution in [0.25, 0.3) is 17.0 Å². The topological polar surface area (TPSA) is 131 Å². The van der Waals surface area contributed by atoms with E-state index in [0.29, 0.717) is 18.7 Å². The number of esters is 1. The number of aromatic amines is 1. The second kappa shape index (κ2) is 9.12. The van der Waals surface area contributed by atoms with Crippen molar-refractivity contribution in [3.63, 3.8) is 0 Å². The molecular formula is C25H22N4O6. The summed E-state index contributed by atoms with van der Waals surface area (Å²) in [5.41, 5.74) is 3.31. The lowest BCUT2D eigenvalue weighted by atomic mass is 9.96. The Bertz CT molecular complexity index is 1400. The highest BCUT2D eigenvalue weighted by Crippen LogP contribution is 2.39. The maximum absolute atomic E-state index is 12.9. The van der Waals surface area contributed by atoms with Crippen LogP contribution >= 0.6 is 0 Å². The number of aromatic nitrogens is 1. The van der Waals surface area contributed by atoms with E-state index in [-0.39, 0.29) is 48.5 Å². The Labute approximate surface area is 200 Å². The van der Waals surface area contributed by atoms with E-state index in [9.17, 15) is 20.2 Å². The molecule has 1 aromatic heterocycles. The van der Waals surface area contributed by atoms with E-state index in [1.807, 2.05) is 29.2 Å². The Morgan fingerprint density at radius 1 is 1.34 bits per heavy atom. The highest BCUT2D eigenvalue weighted by Gasteiger charge is 2.35. The van der Waals surface area contributed by atoms with Crippen LogP contribution in [0.1, 0.15) is 23.7 Å². The number of carbonyl (C=O) groups excluding carboxylic acids is 1. The van der Waals surface area contributed by atoms with Crippen LogP contribution in [0.4, 0.5) is 5.69 Å². The van der Waals surface area contributed by atoms with Gasteiger partial charge in [-0.05, 0) is 30.7 Å². The van der Waals surface area contributed by atoms with Crippen LogP contribution in [-0.4, -0.2) is 46.8 Å². The number of H-pyrrole nitrogens is 1. The quantitative estimate of drug-likeness (QED) is 0.248. The molecule has 10 nitrogen and oxygen atoms in total. The maximum Gasteiger partial charge on any atom is 0.323 e. The fourth-order valence-corrected chi connectivity index (χ4v) is 4.64. The average molecular weight is 474 g/mol. The summed E-state index contributed by atoms with van der Waals surface area (Å²) in [6.45, 7) is 2.48. The second-order valence-electron chi connectivity index (χ2n) is 8.31. The van der Waals surface area contributed by atoms with Crippen molar-refractivity contribution >= 4 is 28.6 Å². The summed E-state index contributed by atoms with van der Waals surface area (Å²) in [5, 5.41) is 22.6. The third kappa shape index (κ3) is 4.18. The number of rotatable bonds is 6. The van der Waals surface area contributed by atoms with Crippen molar-refractivity contribution in [1.29, 1.82) is 5.26 Å². The van der Waals surface area contributed by atoms with Crippen LogP contribution in [0.5, 0.6) is 11.5 Å². The van der Waals surface area contributed by atoms with Crippen LogP contribution in [0.15, 0.2) is 42.0 Å². The molecule has 2 aliphatic rings. The number of fused-ring (bicyclic) bond motifs is 4. The first-order valence-electron chi connectivity index (χ1n) is 11.2. The summed E-state index contributed by atoms with van der Waals surface area (Å²) in [7, 11) is 0. The minimum Gasteiger partial charge on any atom is -0.465 e. The standard InChI is InChI=1S/C25H22N4O6/c1-2-33-25(30)22-9-18-17-5-3-4-6-19(17)27-20(18)13-28(22)12-15(11-26)7-16-8-23-24(35-14-34-23)10-21(16)29(31)32/h3-8,10,22,27H,2,9,12-14H2,1H3/b15-7+/t22-/m0/s1. The van der Waals surface area contributed by atoms with Gasteiger partial charge < -0.3 is 19.2 Å². The largest absolute Gasteiger partial charge is 0.465 e. The minimum atomic E-state index is -0.592. The van der Waals surface area contributed by atoms with Gasteiger partial charge >= 0.3 is 5.97 Å². The number of benzene rings is 2. The van der Waals surface area contributed by atoms with E-state index in [2.05, 4.69) is 11.1 Å². The van der Waals surface area contributed by atoms with Crippen molar-refractivity contribution < 1.29 is 23.9 Å². The Hall–Kier alpha value is -4.36. The van der Waals surface area contributed by atoms with Crippen molar-refractivity contribution in [2.24, 2.45) is 0 Å². The van der Waals surface area contributed by atoms with Gasteiger partial charge in [0.05, 0.1) is 29.2 Å². The number of carbonyl (C=O) groups is 1. The zero-order valence-electron chi connectivity index (χ0n) is 18.9. The molecule has 0 fully saturated rings.